The van der Waals surface area contributed by atoms with Crippen LogP contribution in [-0.4, -0.2) is 0 Å². The van der Waals surface area contributed by atoms with Crippen molar-refractivity contribution >= 4 is 71.3 Å². The highest BCUT2D eigenvalue weighted by Crippen LogP contribution is 2.44. The number of furan rings is 1. The summed E-state index contributed by atoms with van der Waals surface area (Å²) in [5, 5.41) is 9.81. The third kappa shape index (κ3) is 6.04. The van der Waals surface area contributed by atoms with Gasteiger partial charge in [-0.3, -0.25) is 0 Å². The first-order valence-corrected chi connectivity index (χ1v) is 21.2. The topological polar surface area (TPSA) is 16.4 Å². The van der Waals surface area contributed by atoms with E-state index in [-0.39, 0.29) is 0 Å². The molecule has 0 bridgehead atoms. The van der Waals surface area contributed by atoms with Crippen LogP contribution in [0.15, 0.2) is 241 Å². The molecular weight excluding hydrogens is 751 g/mol. The number of anilines is 3. The first-order valence-electron chi connectivity index (χ1n) is 21.2. The molecule has 0 atom stereocenters. The summed E-state index contributed by atoms with van der Waals surface area (Å²) < 4.78 is 6.28. The average Bonchev–Trinajstić information content (AvgIpc) is 3.73. The van der Waals surface area contributed by atoms with E-state index in [1.807, 2.05) is 12.1 Å². The molecule has 0 amide bonds. The van der Waals surface area contributed by atoms with E-state index < -0.39 is 0 Å². The van der Waals surface area contributed by atoms with Gasteiger partial charge in [0.05, 0.1) is 5.69 Å². The molecule has 12 aromatic rings. The van der Waals surface area contributed by atoms with Crippen molar-refractivity contribution in [2.24, 2.45) is 0 Å². The Hall–Kier alpha value is -8.20. The van der Waals surface area contributed by atoms with E-state index in [0.29, 0.717) is 0 Å². The molecule has 1 aromatic heterocycles. The predicted molar refractivity (Wildman–Crippen MR) is 263 cm³/mol. The Morgan fingerprint density at radius 1 is 0.274 bits per heavy atom. The van der Waals surface area contributed by atoms with Crippen molar-refractivity contribution in [3.05, 3.63) is 237 Å². The van der Waals surface area contributed by atoms with Gasteiger partial charge in [0.1, 0.15) is 11.2 Å². The summed E-state index contributed by atoms with van der Waals surface area (Å²) in [6.07, 6.45) is 0. The van der Waals surface area contributed by atoms with Crippen LogP contribution >= 0.6 is 0 Å². The van der Waals surface area contributed by atoms with Gasteiger partial charge in [0.2, 0.25) is 0 Å². The van der Waals surface area contributed by atoms with Crippen LogP contribution in [0.3, 0.4) is 0 Å². The predicted octanol–water partition coefficient (Wildman–Crippen LogP) is 17.2. The van der Waals surface area contributed by atoms with Crippen LogP contribution in [0.1, 0.15) is 0 Å². The fourth-order valence-corrected chi connectivity index (χ4v) is 9.56. The summed E-state index contributed by atoms with van der Waals surface area (Å²) in [5.74, 6) is 0. The smallest absolute Gasteiger partial charge is 0.136 e. The highest BCUT2D eigenvalue weighted by molar-refractivity contribution is 6.13. The molecule has 2 nitrogen and oxygen atoms in total. The number of hydrogen-bond donors (Lipinski definition) is 0. The SMILES string of the molecule is c1cc(-c2cccc3ccccc23)cc(N(c2ccc(-c3cccc4oc5ccccc5c34)cc2)c2ccccc2-c2ccc(-c3cccc4c3ccc3ccccc34)cc2)c1. The van der Waals surface area contributed by atoms with Crippen molar-refractivity contribution in [3.63, 3.8) is 0 Å². The van der Waals surface area contributed by atoms with E-state index in [4.69, 9.17) is 4.42 Å². The van der Waals surface area contributed by atoms with Crippen LogP contribution in [0.2, 0.25) is 0 Å². The Balaban J connectivity index is 0.989. The van der Waals surface area contributed by atoms with Gasteiger partial charge in [0, 0.05) is 27.7 Å². The zero-order valence-electron chi connectivity index (χ0n) is 33.9. The van der Waals surface area contributed by atoms with Gasteiger partial charge in [0.15, 0.2) is 0 Å². The second kappa shape index (κ2) is 14.8. The van der Waals surface area contributed by atoms with Crippen LogP contribution in [0.25, 0.3) is 98.8 Å². The second-order valence-electron chi connectivity index (χ2n) is 16.0. The Labute approximate surface area is 360 Å². The third-order valence-corrected chi connectivity index (χ3v) is 12.5. The number of nitrogens with zero attached hydrogens (tertiary/aromatic N) is 1. The first kappa shape index (κ1) is 35.7. The Kier molecular flexibility index (Phi) is 8.53. The highest BCUT2D eigenvalue weighted by atomic mass is 16.3. The zero-order chi connectivity index (χ0) is 41.0. The summed E-state index contributed by atoms with van der Waals surface area (Å²) in [6, 6.07) is 85.5. The molecule has 1 heterocycles. The molecule has 2 heteroatoms. The Morgan fingerprint density at radius 2 is 0.806 bits per heavy atom. The molecule has 62 heavy (non-hydrogen) atoms. The van der Waals surface area contributed by atoms with E-state index in [0.717, 1.165) is 61.3 Å². The molecular formula is C60H39NO. The summed E-state index contributed by atoms with van der Waals surface area (Å²) in [4.78, 5) is 2.41. The summed E-state index contributed by atoms with van der Waals surface area (Å²) in [7, 11) is 0. The van der Waals surface area contributed by atoms with Gasteiger partial charge in [-0.1, -0.05) is 194 Å². The van der Waals surface area contributed by atoms with E-state index in [1.54, 1.807) is 0 Å². The molecule has 0 N–H and O–H groups in total. The minimum Gasteiger partial charge on any atom is -0.456 e. The van der Waals surface area contributed by atoms with E-state index in [2.05, 4.69) is 229 Å². The molecule has 0 aliphatic carbocycles. The quantitative estimate of drug-likeness (QED) is 0.150. The monoisotopic (exact) mass is 789 g/mol. The van der Waals surface area contributed by atoms with E-state index in [1.165, 1.54) is 54.6 Å². The summed E-state index contributed by atoms with van der Waals surface area (Å²) in [6.45, 7) is 0. The third-order valence-electron chi connectivity index (χ3n) is 12.5. The Morgan fingerprint density at radius 3 is 1.65 bits per heavy atom. The van der Waals surface area contributed by atoms with Crippen LogP contribution in [0.5, 0.6) is 0 Å². The lowest BCUT2D eigenvalue weighted by atomic mass is 9.93. The number of para-hydroxylation sites is 2. The second-order valence-corrected chi connectivity index (χ2v) is 16.0. The molecule has 0 unspecified atom stereocenters. The Bertz CT molecular complexity index is 3630. The zero-order valence-corrected chi connectivity index (χ0v) is 33.9. The van der Waals surface area contributed by atoms with Gasteiger partial charge in [-0.05, 0) is 114 Å². The maximum absolute atomic E-state index is 6.28. The molecule has 0 aliphatic heterocycles. The fourth-order valence-electron chi connectivity index (χ4n) is 9.56. The van der Waals surface area contributed by atoms with Gasteiger partial charge in [-0.15, -0.1) is 0 Å². The maximum atomic E-state index is 6.28. The van der Waals surface area contributed by atoms with Crippen LogP contribution < -0.4 is 4.90 Å². The molecule has 12 rings (SSSR count). The molecule has 0 saturated heterocycles. The number of benzene rings is 11. The van der Waals surface area contributed by atoms with E-state index >= 15 is 0 Å². The minimum atomic E-state index is 0.897. The molecule has 0 radical (unpaired) electrons. The van der Waals surface area contributed by atoms with Crippen LogP contribution in [-0.2, 0) is 0 Å². The lowest BCUT2D eigenvalue weighted by molar-refractivity contribution is 0.669. The van der Waals surface area contributed by atoms with Crippen molar-refractivity contribution in [3.8, 4) is 44.5 Å². The average molecular weight is 790 g/mol. The maximum Gasteiger partial charge on any atom is 0.136 e. The van der Waals surface area contributed by atoms with Gasteiger partial charge in [0.25, 0.3) is 0 Å². The van der Waals surface area contributed by atoms with E-state index in [9.17, 15) is 0 Å². The first-order chi connectivity index (χ1) is 30.7. The van der Waals surface area contributed by atoms with Crippen LogP contribution in [0, 0.1) is 0 Å². The standard InChI is InChI=1S/C60H39NO/c1-3-18-48-40(13-1)15-10-22-51(48)45-16-9-17-47(39-45)61(46-36-33-44(34-37-46)53-24-12-28-59-60(53)56-21-6-8-27-58(56)62-59)57-26-7-5-20-52(57)43-31-29-42(30-32-43)50-23-11-25-54-49-19-4-2-14-41(49)35-38-55(50)54/h1-39H. The lowest BCUT2D eigenvalue weighted by Crippen LogP contribution is -2.11. The molecule has 0 aliphatic rings. The van der Waals surface area contributed by atoms with Crippen molar-refractivity contribution < 1.29 is 4.42 Å². The van der Waals surface area contributed by atoms with Gasteiger partial charge in [-0.2, -0.15) is 0 Å². The van der Waals surface area contributed by atoms with Crippen molar-refractivity contribution in [1.29, 1.82) is 0 Å². The van der Waals surface area contributed by atoms with Gasteiger partial charge in [-0.25, -0.2) is 0 Å². The number of rotatable bonds is 7. The fraction of sp³-hybridized carbons (Fsp3) is 0. The molecule has 0 fully saturated rings. The van der Waals surface area contributed by atoms with Gasteiger partial charge >= 0.3 is 0 Å². The largest absolute Gasteiger partial charge is 0.456 e. The summed E-state index contributed by atoms with van der Waals surface area (Å²) >= 11 is 0. The highest BCUT2D eigenvalue weighted by Gasteiger charge is 2.20. The molecule has 0 saturated carbocycles. The van der Waals surface area contributed by atoms with Gasteiger partial charge < -0.3 is 9.32 Å². The molecule has 0 spiro atoms. The minimum absolute atomic E-state index is 0.897. The van der Waals surface area contributed by atoms with Crippen molar-refractivity contribution in [1.82, 2.24) is 0 Å². The number of hydrogen-bond acceptors (Lipinski definition) is 2. The van der Waals surface area contributed by atoms with Crippen molar-refractivity contribution in [2.45, 2.75) is 0 Å². The summed E-state index contributed by atoms with van der Waals surface area (Å²) in [5.41, 5.74) is 14.5. The van der Waals surface area contributed by atoms with Crippen LogP contribution in [0.4, 0.5) is 17.1 Å². The molecule has 290 valence electrons. The molecule has 11 aromatic carbocycles. The van der Waals surface area contributed by atoms with Crippen molar-refractivity contribution in [2.75, 3.05) is 4.90 Å². The normalized spacial score (nSPS) is 11.5. The lowest BCUT2D eigenvalue weighted by Gasteiger charge is -2.28. The number of fused-ring (bicyclic) bond motifs is 7.